The van der Waals surface area contributed by atoms with E-state index in [1.165, 1.54) is 4.90 Å². The predicted octanol–water partition coefficient (Wildman–Crippen LogP) is 4.47. The van der Waals surface area contributed by atoms with E-state index in [2.05, 4.69) is 0 Å². The van der Waals surface area contributed by atoms with Crippen LogP contribution in [0.3, 0.4) is 0 Å². The summed E-state index contributed by atoms with van der Waals surface area (Å²) >= 11 is 1.68. The fourth-order valence-corrected chi connectivity index (χ4v) is 1.25. The molecule has 0 atom stereocenters. The molecule has 1 rings (SSSR count). The van der Waals surface area contributed by atoms with Crippen molar-refractivity contribution in [3.05, 3.63) is 23.8 Å². The Labute approximate surface area is 92.6 Å². The third-order valence-electron chi connectivity index (χ3n) is 1.40. The summed E-state index contributed by atoms with van der Waals surface area (Å²) in [4.78, 5) is 1.19. The number of phenolic OH excluding ortho intramolecular Hbond substituents is 1. The van der Waals surface area contributed by atoms with Crippen LogP contribution in [0.4, 0.5) is 0 Å². The summed E-state index contributed by atoms with van der Waals surface area (Å²) in [6.07, 6.45) is 2.02. The number of hydrogen-bond acceptors (Lipinski definition) is 2. The predicted molar refractivity (Wildman–Crippen MR) is 67.3 cm³/mol. The van der Waals surface area contributed by atoms with Gasteiger partial charge in [-0.3, -0.25) is 0 Å². The summed E-state index contributed by atoms with van der Waals surface area (Å²) in [5.74, 6) is 0.373. The molecule has 0 bridgehead atoms. The van der Waals surface area contributed by atoms with Crippen molar-refractivity contribution in [1.29, 1.82) is 0 Å². The van der Waals surface area contributed by atoms with Gasteiger partial charge in [-0.05, 0) is 36.9 Å². The van der Waals surface area contributed by atoms with E-state index in [1.54, 1.807) is 17.8 Å². The third-order valence-corrected chi connectivity index (χ3v) is 2.13. The van der Waals surface area contributed by atoms with E-state index in [0.717, 1.165) is 5.56 Å². The lowest BCUT2D eigenvalue weighted by Gasteiger charge is -1.99. The summed E-state index contributed by atoms with van der Waals surface area (Å²) in [6.45, 7) is 9.90. The van der Waals surface area contributed by atoms with Crippen LogP contribution in [0.2, 0.25) is 0 Å². The topological polar surface area (TPSA) is 20.2 Å². The fraction of sp³-hybridized carbons (Fsp3) is 0.500. The van der Waals surface area contributed by atoms with Gasteiger partial charge in [0.2, 0.25) is 0 Å². The first-order valence-corrected chi connectivity index (χ1v) is 6.30. The molecule has 0 aliphatic carbocycles. The number of hydrogen-bond donors (Lipinski definition) is 1. The van der Waals surface area contributed by atoms with E-state index in [-0.39, 0.29) is 0 Å². The van der Waals surface area contributed by atoms with Crippen molar-refractivity contribution in [2.75, 3.05) is 6.26 Å². The molecule has 0 saturated carbocycles. The lowest BCUT2D eigenvalue weighted by atomic mass is 10.2. The molecule has 0 aliphatic rings. The van der Waals surface area contributed by atoms with Crippen LogP contribution in [0.5, 0.6) is 5.75 Å². The second-order valence-corrected chi connectivity index (χ2v) is 3.03. The minimum absolute atomic E-state index is 0.373. The number of phenols is 1. The van der Waals surface area contributed by atoms with Gasteiger partial charge < -0.3 is 5.11 Å². The summed E-state index contributed by atoms with van der Waals surface area (Å²) < 4.78 is 0. The average Bonchev–Trinajstić information content (AvgIpc) is 2.28. The normalized spacial score (nSPS) is 7.86. The van der Waals surface area contributed by atoms with E-state index in [0.29, 0.717) is 5.75 Å². The summed E-state index contributed by atoms with van der Waals surface area (Å²) in [6, 6.07) is 5.61. The molecule has 0 aliphatic heterocycles. The largest absolute Gasteiger partial charge is 0.508 e. The zero-order chi connectivity index (χ0) is 11.6. The first kappa shape index (κ1) is 15.8. The van der Waals surface area contributed by atoms with Crippen LogP contribution in [0, 0.1) is 6.92 Å². The van der Waals surface area contributed by atoms with Gasteiger partial charge >= 0.3 is 0 Å². The number of thioether (sulfide) groups is 1. The smallest absolute Gasteiger partial charge is 0.118 e. The highest BCUT2D eigenvalue weighted by molar-refractivity contribution is 7.98. The standard InChI is InChI=1S/C8H10OS.2C2H6/c1-6-5-7(10-2)3-4-8(6)9;2*1-2/h3-5,9H,1-2H3;2*1-2H3. The Morgan fingerprint density at radius 1 is 1.07 bits per heavy atom. The Kier molecular flexibility index (Phi) is 11.8. The van der Waals surface area contributed by atoms with Gasteiger partial charge in [-0.15, -0.1) is 11.8 Å². The molecule has 1 aromatic rings. The van der Waals surface area contributed by atoms with E-state index >= 15 is 0 Å². The molecule has 0 fully saturated rings. The van der Waals surface area contributed by atoms with Gasteiger partial charge in [0.15, 0.2) is 0 Å². The first-order valence-electron chi connectivity index (χ1n) is 5.07. The SMILES string of the molecule is CC.CC.CSc1ccc(O)c(C)c1. The Morgan fingerprint density at radius 3 is 1.93 bits per heavy atom. The van der Waals surface area contributed by atoms with Crippen LogP contribution in [-0.2, 0) is 0 Å². The third kappa shape index (κ3) is 5.92. The quantitative estimate of drug-likeness (QED) is 0.696. The van der Waals surface area contributed by atoms with Gasteiger partial charge in [0, 0.05) is 4.90 Å². The molecule has 0 unspecified atom stereocenters. The highest BCUT2D eigenvalue weighted by atomic mass is 32.2. The average molecular weight is 214 g/mol. The highest BCUT2D eigenvalue weighted by Crippen LogP contribution is 2.22. The fourth-order valence-electron chi connectivity index (χ4n) is 0.755. The van der Waals surface area contributed by atoms with E-state index < -0.39 is 0 Å². The maximum Gasteiger partial charge on any atom is 0.118 e. The van der Waals surface area contributed by atoms with Crippen LogP contribution in [-0.4, -0.2) is 11.4 Å². The van der Waals surface area contributed by atoms with Crippen molar-refractivity contribution in [1.82, 2.24) is 0 Å². The molecule has 0 radical (unpaired) electrons. The van der Waals surface area contributed by atoms with Crippen molar-refractivity contribution >= 4 is 11.8 Å². The molecule has 1 nitrogen and oxygen atoms in total. The minimum Gasteiger partial charge on any atom is -0.508 e. The molecular formula is C12H22OS. The van der Waals surface area contributed by atoms with Crippen LogP contribution in [0.15, 0.2) is 23.1 Å². The van der Waals surface area contributed by atoms with Gasteiger partial charge in [0.05, 0.1) is 0 Å². The Morgan fingerprint density at radius 2 is 1.57 bits per heavy atom. The number of aryl methyl sites for hydroxylation is 1. The van der Waals surface area contributed by atoms with E-state index in [4.69, 9.17) is 5.11 Å². The van der Waals surface area contributed by atoms with Gasteiger partial charge in [0.25, 0.3) is 0 Å². The molecule has 0 amide bonds. The Balaban J connectivity index is 0. The molecule has 2 heteroatoms. The van der Waals surface area contributed by atoms with Crippen molar-refractivity contribution in [3.8, 4) is 5.75 Å². The van der Waals surface area contributed by atoms with Crippen LogP contribution in [0.25, 0.3) is 0 Å². The maximum absolute atomic E-state index is 9.13. The zero-order valence-electron chi connectivity index (χ0n) is 10.1. The van der Waals surface area contributed by atoms with E-state index in [9.17, 15) is 0 Å². The Hall–Kier alpha value is -0.630. The molecule has 14 heavy (non-hydrogen) atoms. The van der Waals surface area contributed by atoms with Gasteiger partial charge in [-0.25, -0.2) is 0 Å². The first-order chi connectivity index (χ1) is 6.74. The second kappa shape index (κ2) is 10.5. The molecule has 0 heterocycles. The van der Waals surface area contributed by atoms with Crippen molar-refractivity contribution < 1.29 is 5.11 Å². The summed E-state index contributed by atoms with van der Waals surface area (Å²) in [5, 5.41) is 9.13. The van der Waals surface area contributed by atoms with Crippen LogP contribution in [0.1, 0.15) is 33.3 Å². The van der Waals surface area contributed by atoms with Crippen molar-refractivity contribution in [2.45, 2.75) is 39.5 Å². The molecule has 0 saturated heterocycles. The maximum atomic E-state index is 9.13. The zero-order valence-corrected chi connectivity index (χ0v) is 10.9. The summed E-state index contributed by atoms with van der Waals surface area (Å²) in [7, 11) is 0. The monoisotopic (exact) mass is 214 g/mol. The molecule has 1 aromatic carbocycles. The minimum atomic E-state index is 0.373. The molecule has 0 spiro atoms. The van der Waals surface area contributed by atoms with Crippen LogP contribution >= 0.6 is 11.8 Å². The molecule has 1 N–H and O–H groups in total. The van der Waals surface area contributed by atoms with Crippen molar-refractivity contribution in [3.63, 3.8) is 0 Å². The number of benzene rings is 1. The second-order valence-electron chi connectivity index (χ2n) is 2.15. The Bertz CT molecular complexity index is 234. The lowest BCUT2D eigenvalue weighted by Crippen LogP contribution is -1.74. The molecule has 0 aromatic heterocycles. The highest BCUT2D eigenvalue weighted by Gasteiger charge is 1.94. The van der Waals surface area contributed by atoms with E-state index in [1.807, 2.05) is 53.0 Å². The number of rotatable bonds is 1. The van der Waals surface area contributed by atoms with Gasteiger partial charge in [-0.2, -0.15) is 0 Å². The molecular weight excluding hydrogens is 192 g/mol. The van der Waals surface area contributed by atoms with Gasteiger partial charge in [-0.1, -0.05) is 27.7 Å². The van der Waals surface area contributed by atoms with Crippen molar-refractivity contribution in [2.24, 2.45) is 0 Å². The van der Waals surface area contributed by atoms with Crippen LogP contribution < -0.4 is 0 Å². The lowest BCUT2D eigenvalue weighted by molar-refractivity contribution is 0.470. The molecule has 82 valence electrons. The van der Waals surface area contributed by atoms with Gasteiger partial charge in [0.1, 0.15) is 5.75 Å². The number of aromatic hydroxyl groups is 1. The summed E-state index contributed by atoms with van der Waals surface area (Å²) in [5.41, 5.74) is 0.937.